The number of alkyl halides is 3. The Morgan fingerprint density at radius 1 is 1.10 bits per heavy atom. The van der Waals surface area contributed by atoms with Crippen LogP contribution in [0.15, 0.2) is 30.3 Å². The maximum absolute atomic E-state index is 12.0. The zero-order valence-electron chi connectivity index (χ0n) is 11.6. The van der Waals surface area contributed by atoms with Gasteiger partial charge in [0.25, 0.3) is 0 Å². The van der Waals surface area contributed by atoms with Crippen molar-refractivity contribution in [2.75, 3.05) is 44.2 Å². The van der Waals surface area contributed by atoms with E-state index in [1.54, 1.807) is 0 Å². The van der Waals surface area contributed by atoms with Crippen molar-refractivity contribution in [3.05, 3.63) is 30.3 Å². The SMILES string of the molecule is O=C(CN1CCN(c2ccccc2)CC1)NCC(F)(F)F. The van der Waals surface area contributed by atoms with Gasteiger partial charge in [-0.2, -0.15) is 13.2 Å². The van der Waals surface area contributed by atoms with Crippen LogP contribution in [0, 0.1) is 0 Å². The lowest BCUT2D eigenvalue weighted by Crippen LogP contribution is -2.50. The summed E-state index contributed by atoms with van der Waals surface area (Å²) in [6.07, 6.45) is -4.36. The van der Waals surface area contributed by atoms with E-state index in [0.29, 0.717) is 13.1 Å². The second kappa shape index (κ2) is 6.80. The van der Waals surface area contributed by atoms with Crippen molar-refractivity contribution in [2.45, 2.75) is 6.18 Å². The van der Waals surface area contributed by atoms with E-state index in [2.05, 4.69) is 4.90 Å². The Morgan fingerprint density at radius 2 is 1.71 bits per heavy atom. The Morgan fingerprint density at radius 3 is 2.29 bits per heavy atom. The molecule has 116 valence electrons. The second-order valence-corrected chi connectivity index (χ2v) is 4.99. The molecule has 1 saturated heterocycles. The first-order chi connectivity index (χ1) is 9.94. The first kappa shape index (κ1) is 15.6. The number of carbonyl (C=O) groups is 1. The summed E-state index contributed by atoms with van der Waals surface area (Å²) in [6, 6.07) is 9.92. The first-order valence-electron chi connectivity index (χ1n) is 6.80. The van der Waals surface area contributed by atoms with Crippen LogP contribution < -0.4 is 10.2 Å². The van der Waals surface area contributed by atoms with Gasteiger partial charge < -0.3 is 10.2 Å². The van der Waals surface area contributed by atoms with Crippen molar-refractivity contribution in [1.82, 2.24) is 10.2 Å². The third-order valence-electron chi connectivity index (χ3n) is 3.35. The van der Waals surface area contributed by atoms with Crippen LogP contribution in [0.25, 0.3) is 0 Å². The van der Waals surface area contributed by atoms with Gasteiger partial charge in [-0.25, -0.2) is 0 Å². The van der Waals surface area contributed by atoms with Crippen molar-refractivity contribution in [1.29, 1.82) is 0 Å². The number of halogens is 3. The van der Waals surface area contributed by atoms with Crippen LogP contribution in [0.2, 0.25) is 0 Å². The maximum atomic E-state index is 12.0. The smallest absolute Gasteiger partial charge is 0.369 e. The van der Waals surface area contributed by atoms with E-state index < -0.39 is 18.6 Å². The Kier molecular flexibility index (Phi) is 5.06. The van der Waals surface area contributed by atoms with Gasteiger partial charge in [0, 0.05) is 31.9 Å². The predicted molar refractivity (Wildman–Crippen MR) is 74.2 cm³/mol. The number of benzene rings is 1. The highest BCUT2D eigenvalue weighted by Crippen LogP contribution is 2.15. The second-order valence-electron chi connectivity index (χ2n) is 4.99. The third-order valence-corrected chi connectivity index (χ3v) is 3.35. The fourth-order valence-electron chi connectivity index (χ4n) is 2.26. The van der Waals surface area contributed by atoms with Gasteiger partial charge in [-0.05, 0) is 12.1 Å². The number of amides is 1. The normalized spacial score (nSPS) is 16.8. The number of carbonyl (C=O) groups excluding carboxylic acids is 1. The topological polar surface area (TPSA) is 35.6 Å². The molecule has 0 spiro atoms. The van der Waals surface area contributed by atoms with Crippen molar-refractivity contribution in [2.24, 2.45) is 0 Å². The molecule has 2 rings (SSSR count). The molecule has 0 aliphatic carbocycles. The van der Waals surface area contributed by atoms with Crippen LogP contribution in [0.4, 0.5) is 18.9 Å². The number of nitrogens with zero attached hydrogens (tertiary/aromatic N) is 2. The minimum atomic E-state index is -4.36. The zero-order chi connectivity index (χ0) is 15.3. The quantitative estimate of drug-likeness (QED) is 0.915. The van der Waals surface area contributed by atoms with Crippen molar-refractivity contribution in [3.8, 4) is 0 Å². The highest BCUT2D eigenvalue weighted by molar-refractivity contribution is 5.78. The molecule has 0 atom stereocenters. The summed E-state index contributed by atoms with van der Waals surface area (Å²) in [6.45, 7) is 1.59. The fraction of sp³-hybridized carbons (Fsp3) is 0.500. The fourth-order valence-corrected chi connectivity index (χ4v) is 2.26. The van der Waals surface area contributed by atoms with E-state index in [4.69, 9.17) is 0 Å². The van der Waals surface area contributed by atoms with E-state index in [1.807, 2.05) is 40.5 Å². The minimum Gasteiger partial charge on any atom is -0.369 e. The van der Waals surface area contributed by atoms with Crippen LogP contribution in [-0.4, -0.2) is 56.3 Å². The van der Waals surface area contributed by atoms with Crippen LogP contribution in [0.1, 0.15) is 0 Å². The van der Waals surface area contributed by atoms with Gasteiger partial charge in [0.1, 0.15) is 6.54 Å². The van der Waals surface area contributed by atoms with Gasteiger partial charge in [0.15, 0.2) is 0 Å². The average molecular weight is 301 g/mol. The summed E-state index contributed by atoms with van der Waals surface area (Å²) >= 11 is 0. The average Bonchev–Trinajstić information content (AvgIpc) is 2.46. The third kappa shape index (κ3) is 5.26. The van der Waals surface area contributed by atoms with E-state index >= 15 is 0 Å². The van der Waals surface area contributed by atoms with Gasteiger partial charge >= 0.3 is 6.18 Å². The van der Waals surface area contributed by atoms with E-state index in [1.165, 1.54) is 0 Å². The van der Waals surface area contributed by atoms with Crippen molar-refractivity contribution >= 4 is 11.6 Å². The highest BCUT2D eigenvalue weighted by atomic mass is 19.4. The molecule has 0 aromatic heterocycles. The summed E-state index contributed by atoms with van der Waals surface area (Å²) in [5.41, 5.74) is 1.12. The molecular formula is C14H18F3N3O. The molecule has 1 N–H and O–H groups in total. The van der Waals surface area contributed by atoms with Gasteiger partial charge in [0.05, 0.1) is 6.54 Å². The molecule has 1 aromatic carbocycles. The Labute approximate surface area is 121 Å². The monoisotopic (exact) mass is 301 g/mol. The predicted octanol–water partition coefficient (Wildman–Crippen LogP) is 1.49. The van der Waals surface area contributed by atoms with Crippen molar-refractivity contribution in [3.63, 3.8) is 0 Å². The van der Waals surface area contributed by atoms with Gasteiger partial charge in [-0.3, -0.25) is 9.69 Å². The van der Waals surface area contributed by atoms with Crippen LogP contribution in [0.3, 0.4) is 0 Å². The molecular weight excluding hydrogens is 283 g/mol. The van der Waals surface area contributed by atoms with Crippen LogP contribution in [0.5, 0.6) is 0 Å². The number of rotatable bonds is 4. The largest absolute Gasteiger partial charge is 0.405 e. The van der Waals surface area contributed by atoms with Gasteiger partial charge in [-0.15, -0.1) is 0 Å². The molecule has 21 heavy (non-hydrogen) atoms. The summed E-state index contributed by atoms with van der Waals surface area (Å²) in [5, 5.41) is 1.89. The number of anilines is 1. The lowest BCUT2D eigenvalue weighted by atomic mass is 10.2. The summed E-state index contributed by atoms with van der Waals surface area (Å²) in [7, 11) is 0. The molecule has 1 aliphatic rings. The standard InChI is InChI=1S/C14H18F3N3O/c15-14(16,17)11-18-13(21)10-19-6-8-20(9-7-19)12-4-2-1-3-5-12/h1-5H,6-11H2,(H,18,21). The van der Waals surface area contributed by atoms with E-state index in [0.717, 1.165) is 18.8 Å². The van der Waals surface area contributed by atoms with Crippen LogP contribution in [-0.2, 0) is 4.79 Å². The number of hydrogen-bond donors (Lipinski definition) is 1. The van der Waals surface area contributed by atoms with Crippen molar-refractivity contribution < 1.29 is 18.0 Å². The van der Waals surface area contributed by atoms with E-state index in [-0.39, 0.29) is 6.54 Å². The number of hydrogen-bond acceptors (Lipinski definition) is 3. The molecule has 0 unspecified atom stereocenters. The minimum absolute atomic E-state index is 0.0126. The molecule has 4 nitrogen and oxygen atoms in total. The first-order valence-corrected chi connectivity index (χ1v) is 6.80. The molecule has 1 aromatic rings. The summed E-state index contributed by atoms with van der Waals surface area (Å²) in [5.74, 6) is -0.583. The summed E-state index contributed by atoms with van der Waals surface area (Å²) in [4.78, 5) is 15.5. The lowest BCUT2D eigenvalue weighted by Gasteiger charge is -2.35. The van der Waals surface area contributed by atoms with Gasteiger partial charge in [-0.1, -0.05) is 18.2 Å². The number of para-hydroxylation sites is 1. The Bertz CT molecular complexity index is 456. The molecule has 1 aliphatic heterocycles. The Balaban J connectivity index is 1.73. The van der Waals surface area contributed by atoms with Crippen LogP contribution >= 0.6 is 0 Å². The number of nitrogens with one attached hydrogen (secondary N) is 1. The highest BCUT2D eigenvalue weighted by Gasteiger charge is 2.28. The summed E-state index contributed by atoms with van der Waals surface area (Å²) < 4.78 is 36.0. The molecule has 7 heteroatoms. The Hall–Kier alpha value is -1.76. The number of piperazine rings is 1. The zero-order valence-corrected chi connectivity index (χ0v) is 11.6. The maximum Gasteiger partial charge on any atom is 0.405 e. The molecule has 0 bridgehead atoms. The molecule has 0 saturated carbocycles. The van der Waals surface area contributed by atoms with E-state index in [9.17, 15) is 18.0 Å². The molecule has 1 amide bonds. The lowest BCUT2D eigenvalue weighted by molar-refractivity contribution is -0.139. The molecule has 1 fully saturated rings. The molecule has 1 heterocycles. The van der Waals surface area contributed by atoms with Gasteiger partial charge in [0.2, 0.25) is 5.91 Å². The molecule has 0 radical (unpaired) electrons.